The number of carboxylic acids is 1. The lowest BCUT2D eigenvalue weighted by molar-refractivity contribution is -0.120. The van der Waals surface area contributed by atoms with Gasteiger partial charge >= 0.3 is 5.97 Å². The maximum Gasteiger partial charge on any atom is 0.335 e. The number of fused-ring (bicyclic) bond motifs is 1. The quantitative estimate of drug-likeness (QED) is 0.545. The highest BCUT2D eigenvalue weighted by atomic mass is 16.4. The minimum absolute atomic E-state index is 0.0990. The Morgan fingerprint density at radius 1 is 1.07 bits per heavy atom. The average molecular weight is 361 g/mol. The first-order valence-corrected chi connectivity index (χ1v) is 8.47. The highest BCUT2D eigenvalue weighted by molar-refractivity contribution is 5.89. The van der Waals surface area contributed by atoms with Gasteiger partial charge in [0.1, 0.15) is 0 Å². The van der Waals surface area contributed by atoms with E-state index >= 15 is 0 Å². The summed E-state index contributed by atoms with van der Waals surface area (Å²) in [5.41, 5.74) is 6.64. The Hall–Kier alpha value is -3.67. The molecule has 0 saturated carbocycles. The van der Waals surface area contributed by atoms with E-state index in [1.54, 1.807) is 12.1 Å². The second-order valence-electron chi connectivity index (χ2n) is 5.97. The van der Waals surface area contributed by atoms with Gasteiger partial charge in [-0.3, -0.25) is 4.79 Å². The number of nitrogens with one attached hydrogen (secondary N) is 2. The average Bonchev–Trinajstić information content (AvgIpc) is 2.89. The molecular formula is C21H19N3O3. The van der Waals surface area contributed by atoms with E-state index in [9.17, 15) is 9.59 Å². The maximum absolute atomic E-state index is 11.9. The topological polar surface area (TPSA) is 90.8 Å². The van der Waals surface area contributed by atoms with E-state index in [2.05, 4.69) is 28.0 Å². The van der Waals surface area contributed by atoms with Gasteiger partial charge in [-0.1, -0.05) is 48.6 Å². The van der Waals surface area contributed by atoms with Gasteiger partial charge in [0.25, 0.3) is 5.91 Å². The fourth-order valence-electron chi connectivity index (χ4n) is 2.59. The molecule has 1 aliphatic carbocycles. The third-order valence-corrected chi connectivity index (χ3v) is 4.05. The minimum Gasteiger partial charge on any atom is -0.478 e. The van der Waals surface area contributed by atoms with E-state index in [4.69, 9.17) is 5.11 Å². The van der Waals surface area contributed by atoms with E-state index in [1.165, 1.54) is 29.5 Å². The van der Waals surface area contributed by atoms with Crippen molar-refractivity contribution < 1.29 is 14.7 Å². The van der Waals surface area contributed by atoms with Gasteiger partial charge in [-0.05, 0) is 41.3 Å². The molecule has 3 N–H and O–H groups in total. The third kappa shape index (κ3) is 5.15. The number of allylic oxidation sites excluding steroid dienone is 2. The molecular weight excluding hydrogens is 342 g/mol. The van der Waals surface area contributed by atoms with Crippen LogP contribution in [0, 0.1) is 0 Å². The summed E-state index contributed by atoms with van der Waals surface area (Å²) in [4.78, 5) is 22.7. The van der Waals surface area contributed by atoms with Crippen LogP contribution in [0.15, 0.2) is 71.5 Å². The van der Waals surface area contributed by atoms with Crippen LogP contribution < -0.4 is 10.7 Å². The number of rotatable bonds is 6. The lowest BCUT2D eigenvalue weighted by atomic mass is 10.1. The summed E-state index contributed by atoms with van der Waals surface area (Å²) in [5, 5.41) is 15.8. The standard InChI is InChI=1S/C21H19N3O3/c25-20(24-23-13-15-5-7-18(8-6-15)21(26)27)14-22-19-11-9-16-3-1-2-4-17(16)10-12-19/h1-9,11-13,22H,10,14H2,(H,24,25)(H,26,27)/b23-13+. The summed E-state index contributed by atoms with van der Waals surface area (Å²) in [5.74, 6) is -1.26. The summed E-state index contributed by atoms with van der Waals surface area (Å²) in [6.45, 7) is 0.0990. The summed E-state index contributed by atoms with van der Waals surface area (Å²) < 4.78 is 0. The second kappa shape index (κ2) is 8.62. The van der Waals surface area contributed by atoms with Crippen LogP contribution in [0.4, 0.5) is 0 Å². The largest absolute Gasteiger partial charge is 0.478 e. The van der Waals surface area contributed by atoms with Gasteiger partial charge < -0.3 is 10.4 Å². The molecule has 136 valence electrons. The van der Waals surface area contributed by atoms with Crippen LogP contribution in [0.1, 0.15) is 27.0 Å². The first-order valence-electron chi connectivity index (χ1n) is 8.47. The number of benzene rings is 2. The molecule has 2 aromatic carbocycles. The Kier molecular flexibility index (Phi) is 5.79. The fraction of sp³-hybridized carbons (Fsp3) is 0.0952. The van der Waals surface area contributed by atoms with Gasteiger partial charge in [0, 0.05) is 5.70 Å². The van der Waals surface area contributed by atoms with Crippen LogP contribution in [0.5, 0.6) is 0 Å². The molecule has 0 radical (unpaired) electrons. The summed E-state index contributed by atoms with van der Waals surface area (Å²) in [6, 6.07) is 14.4. The highest BCUT2D eigenvalue weighted by Crippen LogP contribution is 2.16. The third-order valence-electron chi connectivity index (χ3n) is 4.05. The van der Waals surface area contributed by atoms with Gasteiger partial charge in [-0.15, -0.1) is 0 Å². The Balaban J connectivity index is 1.47. The van der Waals surface area contributed by atoms with Crippen molar-refractivity contribution in [2.75, 3.05) is 6.54 Å². The van der Waals surface area contributed by atoms with Gasteiger partial charge in [0.15, 0.2) is 0 Å². The van der Waals surface area contributed by atoms with Crippen molar-refractivity contribution in [2.45, 2.75) is 6.42 Å². The van der Waals surface area contributed by atoms with E-state index in [1.807, 2.05) is 30.4 Å². The molecule has 1 aliphatic rings. The molecule has 0 spiro atoms. The maximum atomic E-state index is 11.9. The van der Waals surface area contributed by atoms with E-state index in [-0.39, 0.29) is 18.0 Å². The van der Waals surface area contributed by atoms with Crippen LogP contribution >= 0.6 is 0 Å². The number of aromatic carboxylic acids is 1. The van der Waals surface area contributed by atoms with Crippen molar-refractivity contribution in [3.8, 4) is 0 Å². The molecule has 1 amide bonds. The molecule has 0 heterocycles. The number of hydrogen-bond donors (Lipinski definition) is 3. The predicted molar refractivity (Wildman–Crippen MR) is 104 cm³/mol. The number of hydrogen-bond acceptors (Lipinski definition) is 4. The Morgan fingerprint density at radius 3 is 2.63 bits per heavy atom. The van der Waals surface area contributed by atoms with Crippen LogP contribution in [-0.2, 0) is 11.2 Å². The molecule has 0 aliphatic heterocycles. The first kappa shape index (κ1) is 18.1. The minimum atomic E-state index is -0.983. The van der Waals surface area contributed by atoms with Gasteiger partial charge in [-0.25, -0.2) is 10.2 Å². The Labute approximate surface area is 156 Å². The monoisotopic (exact) mass is 361 g/mol. The lowest BCUT2D eigenvalue weighted by Crippen LogP contribution is -2.30. The number of carbonyl (C=O) groups excluding carboxylic acids is 1. The van der Waals surface area contributed by atoms with Gasteiger partial charge in [-0.2, -0.15) is 5.10 Å². The first-order chi connectivity index (χ1) is 13.1. The Morgan fingerprint density at radius 2 is 1.85 bits per heavy atom. The zero-order valence-corrected chi connectivity index (χ0v) is 14.6. The molecule has 0 unspecified atom stereocenters. The SMILES string of the molecule is O=C(CNC1=CCc2ccccc2C=C1)N/N=C/c1ccc(C(=O)O)cc1. The number of nitrogens with zero attached hydrogens (tertiary/aromatic N) is 1. The molecule has 0 aromatic heterocycles. The predicted octanol–water partition coefficient (Wildman–Crippen LogP) is 2.58. The summed E-state index contributed by atoms with van der Waals surface area (Å²) >= 11 is 0. The van der Waals surface area contributed by atoms with Crippen molar-refractivity contribution in [1.82, 2.24) is 10.7 Å². The molecule has 6 heteroatoms. The van der Waals surface area contributed by atoms with Crippen LogP contribution in [0.3, 0.4) is 0 Å². The summed E-state index contributed by atoms with van der Waals surface area (Å²) in [6.07, 6.45) is 8.29. The van der Waals surface area contributed by atoms with Crippen LogP contribution in [0.25, 0.3) is 6.08 Å². The molecule has 3 rings (SSSR count). The van der Waals surface area contributed by atoms with Crippen molar-refractivity contribution >= 4 is 24.2 Å². The fourth-order valence-corrected chi connectivity index (χ4v) is 2.59. The van der Waals surface area contributed by atoms with E-state index in [0.717, 1.165) is 12.1 Å². The normalized spacial score (nSPS) is 12.8. The van der Waals surface area contributed by atoms with Gasteiger partial charge in [0.2, 0.25) is 0 Å². The smallest absolute Gasteiger partial charge is 0.335 e. The number of carbonyl (C=O) groups is 2. The second-order valence-corrected chi connectivity index (χ2v) is 5.97. The zero-order valence-electron chi connectivity index (χ0n) is 14.6. The molecule has 0 bridgehead atoms. The van der Waals surface area contributed by atoms with Gasteiger partial charge in [0.05, 0.1) is 18.3 Å². The zero-order chi connectivity index (χ0) is 19.1. The van der Waals surface area contributed by atoms with Crippen molar-refractivity contribution in [3.63, 3.8) is 0 Å². The van der Waals surface area contributed by atoms with Crippen molar-refractivity contribution in [1.29, 1.82) is 0 Å². The van der Waals surface area contributed by atoms with E-state index in [0.29, 0.717) is 5.56 Å². The van der Waals surface area contributed by atoms with Crippen molar-refractivity contribution in [3.05, 3.63) is 88.6 Å². The number of amides is 1. The summed E-state index contributed by atoms with van der Waals surface area (Å²) in [7, 11) is 0. The van der Waals surface area contributed by atoms with E-state index < -0.39 is 5.97 Å². The molecule has 2 aromatic rings. The Bertz CT molecular complexity index is 928. The molecule has 0 saturated heterocycles. The van der Waals surface area contributed by atoms with Crippen LogP contribution in [0.2, 0.25) is 0 Å². The lowest BCUT2D eigenvalue weighted by Gasteiger charge is -2.05. The van der Waals surface area contributed by atoms with Crippen molar-refractivity contribution in [2.24, 2.45) is 5.10 Å². The molecule has 0 atom stereocenters. The molecule has 6 nitrogen and oxygen atoms in total. The van der Waals surface area contributed by atoms with Crippen LogP contribution in [-0.4, -0.2) is 29.7 Å². The highest BCUT2D eigenvalue weighted by Gasteiger charge is 2.05. The number of carboxylic acid groups (broad SMARTS) is 1. The molecule has 27 heavy (non-hydrogen) atoms. The molecule has 0 fully saturated rings. The number of hydrazone groups is 1.